The van der Waals surface area contributed by atoms with E-state index in [2.05, 4.69) is 5.32 Å². The van der Waals surface area contributed by atoms with Gasteiger partial charge in [-0.2, -0.15) is 0 Å². The fourth-order valence-corrected chi connectivity index (χ4v) is 2.93. The summed E-state index contributed by atoms with van der Waals surface area (Å²) in [5.74, 6) is -2.93. The Morgan fingerprint density at radius 1 is 0.967 bits per heavy atom. The lowest BCUT2D eigenvalue weighted by molar-refractivity contribution is -0.222. The Kier molecular flexibility index (Phi) is 6.51. The zero-order valence-corrected chi connectivity index (χ0v) is 16.8. The van der Waals surface area contributed by atoms with E-state index in [-0.39, 0.29) is 12.2 Å². The maximum absolute atomic E-state index is 12.3. The van der Waals surface area contributed by atoms with Crippen LogP contribution in [0.25, 0.3) is 0 Å². The number of carbonyl (C=O) groups excluding carboxylic acids is 3. The van der Waals surface area contributed by atoms with Gasteiger partial charge in [0.05, 0.1) is 6.04 Å². The van der Waals surface area contributed by atoms with Crippen LogP contribution in [0.1, 0.15) is 25.0 Å². The van der Waals surface area contributed by atoms with Gasteiger partial charge < -0.3 is 19.5 Å². The van der Waals surface area contributed by atoms with E-state index in [0.29, 0.717) is 6.42 Å². The lowest BCUT2D eigenvalue weighted by Gasteiger charge is -2.30. The highest BCUT2D eigenvalue weighted by Gasteiger charge is 2.39. The van der Waals surface area contributed by atoms with E-state index < -0.39 is 29.9 Å². The third-order valence-corrected chi connectivity index (χ3v) is 4.30. The number of rotatable bonds is 6. The van der Waals surface area contributed by atoms with Crippen molar-refractivity contribution < 1.29 is 28.6 Å². The lowest BCUT2D eigenvalue weighted by atomic mass is 10.0. The van der Waals surface area contributed by atoms with Crippen LogP contribution in [0.4, 0.5) is 4.79 Å². The van der Waals surface area contributed by atoms with Crippen LogP contribution in [0.15, 0.2) is 72.3 Å². The molecule has 30 heavy (non-hydrogen) atoms. The number of ether oxygens (including phenoxy) is 3. The minimum atomic E-state index is -1.33. The first-order chi connectivity index (χ1) is 14.3. The summed E-state index contributed by atoms with van der Waals surface area (Å²) in [6.45, 7) is 3.04. The summed E-state index contributed by atoms with van der Waals surface area (Å²) in [7, 11) is 0. The Morgan fingerprint density at radius 3 is 2.07 bits per heavy atom. The van der Waals surface area contributed by atoms with Crippen molar-refractivity contribution in [3.8, 4) is 0 Å². The second-order valence-electron chi connectivity index (χ2n) is 7.26. The fraction of sp³-hybridized carbons (Fsp3) is 0.261. The Morgan fingerprint density at radius 2 is 1.50 bits per heavy atom. The third-order valence-electron chi connectivity index (χ3n) is 4.30. The molecule has 0 unspecified atom stereocenters. The van der Waals surface area contributed by atoms with Crippen molar-refractivity contribution in [3.63, 3.8) is 0 Å². The Labute approximate surface area is 174 Å². The first kappa shape index (κ1) is 21.1. The third kappa shape index (κ3) is 5.94. The van der Waals surface area contributed by atoms with Gasteiger partial charge >= 0.3 is 18.0 Å². The van der Waals surface area contributed by atoms with Gasteiger partial charge in [-0.1, -0.05) is 60.7 Å². The Hall–Kier alpha value is -3.61. The maximum Gasteiger partial charge on any atom is 0.407 e. The van der Waals surface area contributed by atoms with Crippen molar-refractivity contribution in [1.29, 1.82) is 0 Å². The van der Waals surface area contributed by atoms with Gasteiger partial charge in [0.15, 0.2) is 0 Å². The van der Waals surface area contributed by atoms with Gasteiger partial charge in [0, 0.05) is 13.8 Å². The lowest BCUT2D eigenvalue weighted by Crippen LogP contribution is -2.43. The smallest absolute Gasteiger partial charge is 0.407 e. The van der Waals surface area contributed by atoms with Crippen LogP contribution in [-0.2, 0) is 36.8 Å². The van der Waals surface area contributed by atoms with Gasteiger partial charge in [0.25, 0.3) is 5.79 Å². The molecule has 1 N–H and O–H groups in total. The van der Waals surface area contributed by atoms with Crippen LogP contribution in [0.5, 0.6) is 0 Å². The highest BCUT2D eigenvalue weighted by Crippen LogP contribution is 2.23. The van der Waals surface area contributed by atoms with Crippen molar-refractivity contribution in [2.75, 3.05) is 0 Å². The topological polar surface area (TPSA) is 90.9 Å². The second kappa shape index (κ2) is 9.26. The number of amides is 1. The molecule has 2 aromatic rings. The molecule has 1 atom stereocenters. The molecule has 0 aromatic heterocycles. The second-order valence-corrected chi connectivity index (χ2v) is 7.26. The summed E-state index contributed by atoms with van der Waals surface area (Å²) in [4.78, 5) is 36.9. The van der Waals surface area contributed by atoms with Gasteiger partial charge in [-0.15, -0.1) is 0 Å². The molecule has 1 aliphatic rings. The molecular formula is C23H23NO6. The summed E-state index contributed by atoms with van der Waals surface area (Å²) in [5.41, 5.74) is 1.48. The molecule has 0 radical (unpaired) electrons. The predicted octanol–water partition coefficient (Wildman–Crippen LogP) is 3.29. The number of cyclic esters (lactones) is 2. The molecular weight excluding hydrogens is 386 g/mol. The average Bonchev–Trinajstić information content (AvgIpc) is 2.70. The van der Waals surface area contributed by atoms with Crippen molar-refractivity contribution in [2.24, 2.45) is 0 Å². The summed E-state index contributed by atoms with van der Waals surface area (Å²) in [6, 6.07) is 17.9. The Balaban J connectivity index is 1.74. The monoisotopic (exact) mass is 409 g/mol. The van der Waals surface area contributed by atoms with Crippen LogP contribution >= 0.6 is 0 Å². The predicted molar refractivity (Wildman–Crippen MR) is 108 cm³/mol. The van der Waals surface area contributed by atoms with E-state index in [4.69, 9.17) is 14.2 Å². The molecule has 1 aliphatic heterocycles. The van der Waals surface area contributed by atoms with Gasteiger partial charge in [-0.05, 0) is 23.6 Å². The quantitative estimate of drug-likeness (QED) is 0.447. The molecule has 2 aromatic carbocycles. The zero-order valence-electron chi connectivity index (χ0n) is 16.8. The molecule has 0 bridgehead atoms. The maximum atomic E-state index is 12.3. The van der Waals surface area contributed by atoms with Gasteiger partial charge in [0.1, 0.15) is 12.2 Å². The zero-order chi connectivity index (χ0) is 21.6. The minimum Gasteiger partial charge on any atom is -0.445 e. The number of nitrogens with one attached hydrogen (secondary N) is 1. The number of benzene rings is 2. The number of esters is 2. The van der Waals surface area contributed by atoms with Crippen molar-refractivity contribution in [2.45, 2.75) is 38.7 Å². The molecule has 0 spiro atoms. The summed E-state index contributed by atoms with van der Waals surface area (Å²) < 4.78 is 15.5. The molecule has 7 heteroatoms. The highest BCUT2D eigenvalue weighted by atomic mass is 16.7. The van der Waals surface area contributed by atoms with Crippen molar-refractivity contribution in [3.05, 3.63) is 83.4 Å². The molecule has 1 heterocycles. The number of alkyl carbamates (subject to hydrolysis) is 1. The summed E-state index contributed by atoms with van der Waals surface area (Å²) >= 11 is 0. The van der Waals surface area contributed by atoms with Crippen molar-refractivity contribution >= 4 is 18.0 Å². The normalized spacial score (nSPS) is 16.1. The average molecular weight is 409 g/mol. The molecule has 1 fully saturated rings. The number of hydrogen-bond acceptors (Lipinski definition) is 6. The molecule has 0 aliphatic carbocycles. The molecule has 3 rings (SSSR count). The molecule has 0 saturated carbocycles. The van der Waals surface area contributed by atoms with E-state index in [1.165, 1.54) is 19.9 Å². The molecule has 156 valence electrons. The van der Waals surface area contributed by atoms with Crippen LogP contribution in [0, 0.1) is 0 Å². The van der Waals surface area contributed by atoms with Gasteiger partial charge in [0.2, 0.25) is 0 Å². The SMILES string of the molecule is CC1(C)OC(=O)C(=C[C@H](Cc2ccccc2)NC(=O)OCc2ccccc2)C(=O)O1. The highest BCUT2D eigenvalue weighted by molar-refractivity contribution is 6.15. The molecule has 7 nitrogen and oxygen atoms in total. The van der Waals surface area contributed by atoms with Gasteiger partial charge in [-0.25, -0.2) is 14.4 Å². The van der Waals surface area contributed by atoms with Gasteiger partial charge in [-0.3, -0.25) is 0 Å². The molecule has 1 amide bonds. The Bertz CT molecular complexity index is 915. The summed E-state index contributed by atoms with van der Waals surface area (Å²) in [6.07, 6.45) is 1.01. The van der Waals surface area contributed by atoms with Crippen molar-refractivity contribution in [1.82, 2.24) is 5.32 Å². The van der Waals surface area contributed by atoms with Crippen LogP contribution in [0.2, 0.25) is 0 Å². The molecule has 1 saturated heterocycles. The first-order valence-electron chi connectivity index (χ1n) is 9.52. The number of hydrogen-bond donors (Lipinski definition) is 1. The van der Waals surface area contributed by atoms with E-state index in [0.717, 1.165) is 11.1 Å². The number of carbonyl (C=O) groups is 3. The van der Waals surface area contributed by atoms with E-state index in [1.807, 2.05) is 60.7 Å². The van der Waals surface area contributed by atoms with Crippen LogP contribution in [0.3, 0.4) is 0 Å². The van der Waals surface area contributed by atoms with E-state index >= 15 is 0 Å². The van der Waals surface area contributed by atoms with Crippen LogP contribution < -0.4 is 5.32 Å². The standard InChI is InChI=1S/C23H23NO6/c1-23(2)29-20(25)19(21(26)30-23)14-18(13-16-9-5-3-6-10-16)24-22(27)28-15-17-11-7-4-8-12-17/h3-12,14,18H,13,15H2,1-2H3,(H,24,27)/t18-/m0/s1. The van der Waals surface area contributed by atoms with E-state index in [1.54, 1.807) is 0 Å². The first-order valence-corrected chi connectivity index (χ1v) is 9.52. The fourth-order valence-electron chi connectivity index (χ4n) is 2.93. The van der Waals surface area contributed by atoms with E-state index in [9.17, 15) is 14.4 Å². The summed E-state index contributed by atoms with van der Waals surface area (Å²) in [5, 5.41) is 2.69. The largest absolute Gasteiger partial charge is 0.445 e. The van der Waals surface area contributed by atoms with Crippen LogP contribution in [-0.4, -0.2) is 29.9 Å². The minimum absolute atomic E-state index is 0.0968.